The largest absolute Gasteiger partial charge is 0.393 e. The number of halogens is 3. The quantitative estimate of drug-likeness (QED) is 0.332. The van der Waals surface area contributed by atoms with Crippen LogP contribution in [0.3, 0.4) is 0 Å². The van der Waals surface area contributed by atoms with Crippen LogP contribution in [0.4, 0.5) is 8.78 Å². The number of aliphatic hydroxyl groups is 1. The number of alkyl halides is 1. The van der Waals surface area contributed by atoms with Gasteiger partial charge in [0.05, 0.1) is 28.8 Å². The predicted molar refractivity (Wildman–Crippen MR) is 175 cm³/mol. The molecule has 10 heteroatoms. The third-order valence-corrected chi connectivity index (χ3v) is 11.1. The van der Waals surface area contributed by atoms with Crippen LogP contribution in [0.25, 0.3) is 0 Å². The molecule has 0 aromatic heterocycles. The highest BCUT2D eigenvalue weighted by Gasteiger charge is 2.46. The van der Waals surface area contributed by atoms with E-state index in [1.807, 2.05) is 18.4 Å². The lowest BCUT2D eigenvalue weighted by molar-refractivity contribution is -0.0831. The van der Waals surface area contributed by atoms with Gasteiger partial charge in [-0.3, -0.25) is 9.89 Å². The number of benzene rings is 1. The van der Waals surface area contributed by atoms with Gasteiger partial charge in [0.15, 0.2) is 0 Å². The van der Waals surface area contributed by atoms with Crippen molar-refractivity contribution in [1.29, 1.82) is 0 Å². The molecule has 6 heterocycles. The number of thioether (sulfide) groups is 1. The van der Waals surface area contributed by atoms with E-state index in [0.717, 1.165) is 73.7 Å². The van der Waals surface area contributed by atoms with Crippen LogP contribution in [0, 0.1) is 5.82 Å². The Kier molecular flexibility index (Phi) is 8.33. The Morgan fingerprint density at radius 3 is 2.77 bits per heavy atom. The van der Waals surface area contributed by atoms with Crippen molar-refractivity contribution in [3.63, 3.8) is 0 Å². The fourth-order valence-corrected chi connectivity index (χ4v) is 8.92. The average molecular weight is 638 g/mol. The molecule has 0 saturated carbocycles. The van der Waals surface area contributed by atoms with Crippen molar-refractivity contribution in [3.8, 4) is 0 Å². The van der Waals surface area contributed by atoms with Crippen LogP contribution >= 0.6 is 23.4 Å². The van der Waals surface area contributed by atoms with Crippen LogP contribution in [-0.2, 0) is 0 Å². The maximum Gasteiger partial charge on any atom is 0.124 e. The summed E-state index contributed by atoms with van der Waals surface area (Å²) in [6.45, 7) is 8.25. The molecule has 0 amide bonds. The molecule has 44 heavy (non-hydrogen) atoms. The van der Waals surface area contributed by atoms with E-state index in [1.54, 1.807) is 17.8 Å². The number of fused-ring (bicyclic) bond motifs is 3. The SMILES string of the molecule is C=CN(CCN1C2CC(O)CC1C2)[C@H]1CC2=C(C3=N/C(=C\C(C)F)C=C3)[C@H](c3ccc(F)cc3Cl)N=C(C3CC=CS3)N2C1. The highest BCUT2D eigenvalue weighted by molar-refractivity contribution is 8.03. The summed E-state index contributed by atoms with van der Waals surface area (Å²) in [6, 6.07) is 5.15. The highest BCUT2D eigenvalue weighted by Crippen LogP contribution is 2.46. The summed E-state index contributed by atoms with van der Waals surface area (Å²) in [5, 5.41) is 12.7. The first-order chi connectivity index (χ1) is 21.3. The monoisotopic (exact) mass is 637 g/mol. The lowest BCUT2D eigenvalue weighted by Gasteiger charge is -2.55. The molecule has 1 aromatic carbocycles. The summed E-state index contributed by atoms with van der Waals surface area (Å²) in [5.74, 6) is 0.603. The molecular weight excluding hydrogens is 600 g/mol. The van der Waals surface area contributed by atoms with E-state index < -0.39 is 18.0 Å². The van der Waals surface area contributed by atoms with Gasteiger partial charge >= 0.3 is 0 Å². The minimum Gasteiger partial charge on any atom is -0.393 e. The van der Waals surface area contributed by atoms with Crippen molar-refractivity contribution in [2.24, 2.45) is 9.98 Å². The Bertz CT molecular complexity index is 1500. The van der Waals surface area contributed by atoms with Crippen molar-refractivity contribution in [2.75, 3.05) is 19.6 Å². The van der Waals surface area contributed by atoms with E-state index in [4.69, 9.17) is 21.6 Å². The number of aliphatic hydroxyl groups excluding tert-OH is 1. The van der Waals surface area contributed by atoms with Crippen molar-refractivity contribution >= 4 is 34.9 Å². The minimum atomic E-state index is -1.12. The fourth-order valence-electron chi connectivity index (χ4n) is 7.70. The van der Waals surface area contributed by atoms with Gasteiger partial charge in [-0.25, -0.2) is 13.8 Å². The molecule has 6 aliphatic rings. The maximum absolute atomic E-state index is 14.2. The third-order valence-electron chi connectivity index (χ3n) is 9.73. The number of rotatable bonds is 9. The van der Waals surface area contributed by atoms with Crippen molar-refractivity contribution < 1.29 is 13.9 Å². The lowest BCUT2D eigenvalue weighted by Crippen LogP contribution is -2.63. The third kappa shape index (κ3) is 5.61. The Hall–Kier alpha value is -2.72. The second-order valence-electron chi connectivity index (χ2n) is 12.5. The van der Waals surface area contributed by atoms with Gasteiger partial charge in [-0.05, 0) is 74.6 Å². The Morgan fingerprint density at radius 1 is 1.25 bits per heavy atom. The number of piperidine rings is 1. The summed E-state index contributed by atoms with van der Waals surface area (Å²) < 4.78 is 28.1. The Morgan fingerprint density at radius 2 is 2.07 bits per heavy atom. The van der Waals surface area contributed by atoms with Crippen LogP contribution < -0.4 is 0 Å². The molecule has 6 nitrogen and oxygen atoms in total. The van der Waals surface area contributed by atoms with Gasteiger partial charge in [0.1, 0.15) is 23.9 Å². The van der Waals surface area contributed by atoms with Gasteiger partial charge in [0.25, 0.3) is 0 Å². The molecule has 7 rings (SSSR count). The van der Waals surface area contributed by atoms with Crippen LogP contribution in [-0.4, -0.2) is 86.6 Å². The Labute approximate surface area is 267 Å². The zero-order valence-corrected chi connectivity index (χ0v) is 26.4. The molecule has 4 unspecified atom stereocenters. The number of amidine groups is 1. The molecular formula is C34H38ClF2N5OS. The van der Waals surface area contributed by atoms with E-state index in [9.17, 15) is 13.9 Å². The molecule has 0 aliphatic carbocycles. The summed E-state index contributed by atoms with van der Waals surface area (Å²) in [4.78, 5) is 17.5. The lowest BCUT2D eigenvalue weighted by atomic mass is 9.78. The molecule has 6 atom stereocenters. The molecule has 2 bridgehead atoms. The molecule has 3 fully saturated rings. The summed E-state index contributed by atoms with van der Waals surface area (Å²) in [7, 11) is 0. The predicted octanol–water partition coefficient (Wildman–Crippen LogP) is 6.58. The smallest absolute Gasteiger partial charge is 0.124 e. The first-order valence-electron chi connectivity index (χ1n) is 15.6. The molecule has 1 N–H and O–H groups in total. The molecule has 0 radical (unpaired) electrons. The van der Waals surface area contributed by atoms with E-state index in [2.05, 4.69) is 32.8 Å². The fraction of sp³-hybridized carbons (Fsp3) is 0.471. The number of allylic oxidation sites excluding steroid dienone is 4. The van der Waals surface area contributed by atoms with Crippen LogP contribution in [0.15, 0.2) is 87.6 Å². The van der Waals surface area contributed by atoms with E-state index in [1.165, 1.54) is 31.6 Å². The molecule has 232 valence electrons. The highest BCUT2D eigenvalue weighted by atomic mass is 35.5. The standard InChI is InChI=1S/C34H38ClF2N5OS/c1-3-40(10-11-41-23-15-24(41)17-26(43)16-23)25-18-30-32(29-9-7-22(38-29)13-20(2)36)33(27-8-6-21(37)14-28(27)35)39-34(42(30)19-25)31-5-4-12-44-31/h3-4,6-9,12-14,20,23-26,31,33,43H,1,5,10-11,15-19H2,2H3/b22-13-/t20?,23?,24?,25-,26?,31?,33-/m0/s1. The average Bonchev–Trinajstić information content (AvgIpc) is 3.76. The van der Waals surface area contributed by atoms with Crippen molar-refractivity contribution in [2.45, 2.75) is 80.7 Å². The topological polar surface area (TPSA) is 54.7 Å². The molecule has 0 spiro atoms. The molecule has 3 saturated heterocycles. The maximum atomic E-state index is 14.2. The number of hydrogen-bond donors (Lipinski definition) is 1. The van der Waals surface area contributed by atoms with Crippen molar-refractivity contribution in [1.82, 2.24) is 14.7 Å². The van der Waals surface area contributed by atoms with Gasteiger partial charge < -0.3 is 14.9 Å². The zero-order chi connectivity index (χ0) is 30.5. The zero-order valence-electron chi connectivity index (χ0n) is 24.8. The van der Waals surface area contributed by atoms with Gasteiger partial charge in [-0.2, -0.15) is 0 Å². The first kappa shape index (κ1) is 30.0. The molecule has 6 aliphatic heterocycles. The summed E-state index contributed by atoms with van der Waals surface area (Å²) in [6.07, 6.45) is 12.7. The number of hydrogen-bond acceptors (Lipinski definition) is 7. The van der Waals surface area contributed by atoms with Gasteiger partial charge in [0.2, 0.25) is 0 Å². The van der Waals surface area contributed by atoms with Gasteiger partial charge in [-0.1, -0.05) is 30.3 Å². The second kappa shape index (κ2) is 12.2. The van der Waals surface area contributed by atoms with Crippen LogP contribution in [0.5, 0.6) is 0 Å². The van der Waals surface area contributed by atoms with Gasteiger partial charge in [-0.15, -0.1) is 11.8 Å². The van der Waals surface area contributed by atoms with E-state index >= 15 is 0 Å². The van der Waals surface area contributed by atoms with Crippen LogP contribution in [0.1, 0.15) is 50.6 Å². The number of aliphatic imine (C=N–C) groups is 2. The summed E-state index contributed by atoms with van der Waals surface area (Å²) in [5.41, 5.74) is 4.11. The normalized spacial score (nSPS) is 32.6. The van der Waals surface area contributed by atoms with E-state index in [-0.39, 0.29) is 17.4 Å². The minimum absolute atomic E-state index is 0.166. The first-order valence-corrected chi connectivity index (χ1v) is 16.9. The molecule has 1 aromatic rings. The summed E-state index contributed by atoms with van der Waals surface area (Å²) >= 11 is 8.47. The van der Waals surface area contributed by atoms with Gasteiger partial charge in [0, 0.05) is 60.0 Å². The Balaban J connectivity index is 1.25. The second-order valence-corrected chi connectivity index (χ2v) is 14.1. The van der Waals surface area contributed by atoms with E-state index in [0.29, 0.717) is 22.8 Å². The number of nitrogens with zero attached hydrogens (tertiary/aromatic N) is 5. The van der Waals surface area contributed by atoms with Crippen molar-refractivity contribution in [3.05, 3.63) is 94.1 Å². The van der Waals surface area contributed by atoms with Crippen LogP contribution in [0.2, 0.25) is 5.02 Å².